The molecular formula is C20H22FNO6S. The maximum atomic E-state index is 13.1. The summed E-state index contributed by atoms with van der Waals surface area (Å²) in [5.74, 6) is -0.885. The van der Waals surface area contributed by atoms with Crippen molar-refractivity contribution in [3.63, 3.8) is 0 Å². The number of fused-ring (bicyclic) bond motifs is 1. The lowest BCUT2D eigenvalue weighted by atomic mass is 9.84. The Morgan fingerprint density at radius 3 is 2.62 bits per heavy atom. The zero-order chi connectivity index (χ0) is 21.2. The second kappa shape index (κ2) is 8.00. The summed E-state index contributed by atoms with van der Waals surface area (Å²) in [6.45, 7) is 3.45. The molecule has 0 spiro atoms. The number of aliphatic carboxylic acids is 1. The third-order valence-corrected chi connectivity index (χ3v) is 5.99. The highest BCUT2D eigenvalue weighted by atomic mass is 32.2. The molecule has 0 aliphatic carbocycles. The van der Waals surface area contributed by atoms with Crippen LogP contribution in [-0.2, 0) is 14.8 Å². The van der Waals surface area contributed by atoms with Crippen LogP contribution in [-0.4, -0.2) is 38.2 Å². The highest BCUT2D eigenvalue weighted by molar-refractivity contribution is 7.89. The van der Waals surface area contributed by atoms with Crippen LogP contribution in [0, 0.1) is 5.82 Å². The molecule has 2 aromatic carbocycles. The van der Waals surface area contributed by atoms with E-state index >= 15 is 0 Å². The molecule has 1 heterocycles. The number of rotatable bonds is 7. The molecule has 0 saturated carbocycles. The SMILES string of the molecule is CC1(C)CC(CNS(=O)(=O)c2ccc(F)cc2)c2ccc(OCC(=O)O)cc2O1. The second-order valence-electron chi connectivity index (χ2n) is 7.45. The summed E-state index contributed by atoms with van der Waals surface area (Å²) < 4.78 is 51.9. The highest BCUT2D eigenvalue weighted by Gasteiger charge is 2.34. The number of halogens is 1. The third kappa shape index (κ3) is 5.24. The highest BCUT2D eigenvalue weighted by Crippen LogP contribution is 2.42. The van der Waals surface area contributed by atoms with Crippen LogP contribution in [0.3, 0.4) is 0 Å². The largest absolute Gasteiger partial charge is 0.487 e. The van der Waals surface area contributed by atoms with E-state index in [2.05, 4.69) is 4.72 Å². The number of carboxylic acids is 1. The van der Waals surface area contributed by atoms with Crippen LogP contribution in [0.2, 0.25) is 0 Å². The van der Waals surface area contributed by atoms with Gasteiger partial charge in [0.05, 0.1) is 4.90 Å². The smallest absolute Gasteiger partial charge is 0.341 e. The first-order valence-corrected chi connectivity index (χ1v) is 10.5. The van der Waals surface area contributed by atoms with Crippen molar-refractivity contribution in [2.24, 2.45) is 0 Å². The number of hydrogen-bond acceptors (Lipinski definition) is 5. The zero-order valence-electron chi connectivity index (χ0n) is 16.0. The Bertz CT molecular complexity index is 1000. The molecule has 7 nitrogen and oxygen atoms in total. The van der Waals surface area contributed by atoms with Gasteiger partial charge in [-0.25, -0.2) is 22.3 Å². The van der Waals surface area contributed by atoms with Crippen LogP contribution in [0.15, 0.2) is 47.4 Å². The Morgan fingerprint density at radius 2 is 1.97 bits per heavy atom. The molecule has 1 aliphatic rings. The molecule has 0 radical (unpaired) electrons. The second-order valence-corrected chi connectivity index (χ2v) is 9.22. The molecule has 2 N–H and O–H groups in total. The van der Waals surface area contributed by atoms with Gasteiger partial charge in [0, 0.05) is 18.5 Å². The van der Waals surface area contributed by atoms with Crippen LogP contribution >= 0.6 is 0 Å². The molecule has 1 atom stereocenters. The summed E-state index contributed by atoms with van der Waals surface area (Å²) in [7, 11) is -3.79. The van der Waals surface area contributed by atoms with Gasteiger partial charge in [-0.2, -0.15) is 0 Å². The van der Waals surface area contributed by atoms with Crippen molar-refractivity contribution in [3.8, 4) is 11.5 Å². The van der Waals surface area contributed by atoms with Crippen molar-refractivity contribution in [1.29, 1.82) is 0 Å². The Balaban J connectivity index is 1.79. The van der Waals surface area contributed by atoms with E-state index in [1.807, 2.05) is 13.8 Å². The zero-order valence-corrected chi connectivity index (χ0v) is 16.8. The number of benzene rings is 2. The number of ether oxygens (including phenoxy) is 2. The Labute approximate surface area is 168 Å². The van der Waals surface area contributed by atoms with Gasteiger partial charge in [0.2, 0.25) is 10.0 Å². The van der Waals surface area contributed by atoms with Crippen molar-refractivity contribution >= 4 is 16.0 Å². The van der Waals surface area contributed by atoms with Crippen molar-refractivity contribution in [2.45, 2.75) is 36.7 Å². The molecule has 0 amide bonds. The van der Waals surface area contributed by atoms with Gasteiger partial charge in [0.25, 0.3) is 0 Å². The molecule has 29 heavy (non-hydrogen) atoms. The molecule has 9 heteroatoms. The number of sulfonamides is 1. The molecule has 0 saturated heterocycles. The normalized spacial score (nSPS) is 17.8. The average Bonchev–Trinajstić information content (AvgIpc) is 2.63. The lowest BCUT2D eigenvalue weighted by molar-refractivity contribution is -0.139. The van der Waals surface area contributed by atoms with Gasteiger partial charge in [-0.1, -0.05) is 6.07 Å². The number of carboxylic acid groups (broad SMARTS) is 1. The van der Waals surface area contributed by atoms with E-state index in [4.69, 9.17) is 14.6 Å². The monoisotopic (exact) mass is 423 g/mol. The number of nitrogens with one attached hydrogen (secondary N) is 1. The average molecular weight is 423 g/mol. The van der Waals surface area contributed by atoms with Gasteiger partial charge in [0.1, 0.15) is 22.9 Å². The Kier molecular flexibility index (Phi) is 5.81. The van der Waals surface area contributed by atoms with Gasteiger partial charge in [-0.3, -0.25) is 0 Å². The lowest BCUT2D eigenvalue weighted by Crippen LogP contribution is -2.39. The lowest BCUT2D eigenvalue weighted by Gasteiger charge is -2.37. The van der Waals surface area contributed by atoms with Crippen LogP contribution in [0.4, 0.5) is 4.39 Å². The standard InChI is InChI=1S/C20H22FNO6S/c1-20(2)10-13(11-22-29(25,26)16-6-3-14(21)4-7-16)17-8-5-15(9-18(17)28-20)27-12-19(23)24/h3-9,13,22H,10-12H2,1-2H3,(H,23,24). The molecule has 0 aromatic heterocycles. The minimum Gasteiger partial charge on any atom is -0.487 e. The predicted molar refractivity (Wildman–Crippen MR) is 103 cm³/mol. The van der Waals surface area contributed by atoms with E-state index in [-0.39, 0.29) is 17.4 Å². The van der Waals surface area contributed by atoms with Gasteiger partial charge in [0.15, 0.2) is 6.61 Å². The first-order chi connectivity index (χ1) is 13.6. The van der Waals surface area contributed by atoms with E-state index in [9.17, 15) is 17.6 Å². The van der Waals surface area contributed by atoms with Gasteiger partial charge in [-0.05, 0) is 56.2 Å². The topological polar surface area (TPSA) is 102 Å². The first kappa shape index (κ1) is 21.1. The molecule has 3 rings (SSSR count). The van der Waals surface area contributed by atoms with Crippen LogP contribution in [0.1, 0.15) is 31.7 Å². The molecule has 0 fully saturated rings. The molecule has 2 aromatic rings. The van der Waals surface area contributed by atoms with Gasteiger partial charge in [-0.15, -0.1) is 0 Å². The fourth-order valence-corrected chi connectivity index (χ4v) is 4.39. The van der Waals surface area contributed by atoms with E-state index in [1.54, 1.807) is 18.2 Å². The van der Waals surface area contributed by atoms with Crippen LogP contribution in [0.5, 0.6) is 11.5 Å². The summed E-state index contributed by atoms with van der Waals surface area (Å²) >= 11 is 0. The van der Waals surface area contributed by atoms with Gasteiger partial charge >= 0.3 is 5.97 Å². The third-order valence-electron chi connectivity index (χ3n) is 4.56. The minimum absolute atomic E-state index is 0.0112. The predicted octanol–water partition coefficient (Wildman–Crippen LogP) is 2.91. The van der Waals surface area contributed by atoms with E-state index in [0.29, 0.717) is 17.9 Å². The minimum atomic E-state index is -3.79. The molecule has 1 unspecified atom stereocenters. The maximum absolute atomic E-state index is 13.1. The van der Waals surface area contributed by atoms with Crippen molar-refractivity contribution in [2.75, 3.05) is 13.2 Å². The fraction of sp³-hybridized carbons (Fsp3) is 0.350. The maximum Gasteiger partial charge on any atom is 0.341 e. The molecular weight excluding hydrogens is 401 g/mol. The Morgan fingerprint density at radius 1 is 1.28 bits per heavy atom. The summed E-state index contributed by atoms with van der Waals surface area (Å²) in [6, 6.07) is 9.61. The molecule has 0 bridgehead atoms. The van der Waals surface area contributed by atoms with E-state index < -0.39 is 34.0 Å². The first-order valence-electron chi connectivity index (χ1n) is 8.98. The van der Waals surface area contributed by atoms with Crippen molar-refractivity contribution in [3.05, 3.63) is 53.8 Å². The fourth-order valence-electron chi connectivity index (χ4n) is 3.31. The van der Waals surface area contributed by atoms with E-state index in [0.717, 1.165) is 17.7 Å². The molecule has 156 valence electrons. The van der Waals surface area contributed by atoms with Crippen molar-refractivity contribution < 1.29 is 32.2 Å². The Hall–Kier alpha value is -2.65. The number of hydrogen-bond donors (Lipinski definition) is 2. The van der Waals surface area contributed by atoms with E-state index in [1.165, 1.54) is 12.1 Å². The van der Waals surface area contributed by atoms with Gasteiger partial charge < -0.3 is 14.6 Å². The van der Waals surface area contributed by atoms with Crippen molar-refractivity contribution in [1.82, 2.24) is 4.72 Å². The summed E-state index contributed by atoms with van der Waals surface area (Å²) in [4.78, 5) is 10.7. The summed E-state index contributed by atoms with van der Waals surface area (Å²) in [6.07, 6.45) is 0.571. The van der Waals surface area contributed by atoms with Crippen LogP contribution in [0.25, 0.3) is 0 Å². The van der Waals surface area contributed by atoms with Crippen LogP contribution < -0.4 is 14.2 Å². The summed E-state index contributed by atoms with van der Waals surface area (Å²) in [5, 5.41) is 8.75. The summed E-state index contributed by atoms with van der Waals surface area (Å²) in [5.41, 5.74) is 0.249. The number of carbonyl (C=O) groups is 1. The quantitative estimate of drug-likeness (QED) is 0.710. The molecule has 1 aliphatic heterocycles.